The van der Waals surface area contributed by atoms with Gasteiger partial charge >= 0.3 is 0 Å². The highest BCUT2D eigenvalue weighted by Crippen LogP contribution is 2.25. The fourth-order valence-electron chi connectivity index (χ4n) is 2.32. The summed E-state index contributed by atoms with van der Waals surface area (Å²) in [5.41, 5.74) is 3.43. The van der Waals surface area contributed by atoms with Gasteiger partial charge in [-0.3, -0.25) is 4.98 Å². The second kappa shape index (κ2) is 7.79. The van der Waals surface area contributed by atoms with Crippen LogP contribution in [0.1, 0.15) is 43.1 Å². The van der Waals surface area contributed by atoms with Gasteiger partial charge in [0.1, 0.15) is 5.75 Å². The first-order valence-corrected chi connectivity index (χ1v) is 7.63. The van der Waals surface area contributed by atoms with Crippen LogP contribution in [0.25, 0.3) is 0 Å². The van der Waals surface area contributed by atoms with E-state index >= 15 is 0 Å². The minimum atomic E-state index is 0.151. The van der Waals surface area contributed by atoms with Gasteiger partial charge in [0.05, 0.1) is 12.6 Å². The number of nitrogens with zero attached hydrogens (tertiary/aromatic N) is 1. The molecule has 0 aliphatic carbocycles. The third-order valence-electron chi connectivity index (χ3n) is 3.37. The van der Waals surface area contributed by atoms with Crippen molar-refractivity contribution in [2.24, 2.45) is 0 Å². The van der Waals surface area contributed by atoms with Crippen LogP contribution in [0.3, 0.4) is 0 Å². The average molecular weight is 284 g/mol. The summed E-state index contributed by atoms with van der Waals surface area (Å²) in [5.74, 6) is 0.915. The highest BCUT2D eigenvalue weighted by atomic mass is 16.5. The van der Waals surface area contributed by atoms with E-state index in [9.17, 15) is 0 Å². The molecule has 0 bridgehead atoms. The van der Waals surface area contributed by atoms with Crippen molar-refractivity contribution >= 4 is 0 Å². The molecule has 0 fully saturated rings. The van der Waals surface area contributed by atoms with Gasteiger partial charge in [0.25, 0.3) is 0 Å². The van der Waals surface area contributed by atoms with Crippen LogP contribution in [0.4, 0.5) is 0 Å². The summed E-state index contributed by atoms with van der Waals surface area (Å²) in [6.07, 6.45) is 3.05. The summed E-state index contributed by atoms with van der Waals surface area (Å²) in [7, 11) is 0. The van der Waals surface area contributed by atoms with Gasteiger partial charge in [0, 0.05) is 11.9 Å². The van der Waals surface area contributed by atoms with Crippen molar-refractivity contribution in [1.82, 2.24) is 10.3 Å². The Kier molecular flexibility index (Phi) is 5.76. The molecular formula is C18H24N2O. The molecule has 0 radical (unpaired) electrons. The van der Waals surface area contributed by atoms with E-state index in [-0.39, 0.29) is 6.04 Å². The summed E-state index contributed by atoms with van der Waals surface area (Å²) >= 11 is 0. The van der Waals surface area contributed by atoms with Gasteiger partial charge in [-0.2, -0.15) is 0 Å². The maximum atomic E-state index is 5.61. The molecule has 1 heterocycles. The molecule has 1 aromatic heterocycles. The van der Waals surface area contributed by atoms with Crippen LogP contribution in [-0.4, -0.2) is 18.1 Å². The molecule has 21 heavy (non-hydrogen) atoms. The van der Waals surface area contributed by atoms with Crippen molar-refractivity contribution in [2.45, 2.75) is 33.2 Å². The lowest BCUT2D eigenvalue weighted by molar-refractivity contribution is 0.339. The number of nitrogens with one attached hydrogen (secondary N) is 1. The van der Waals surface area contributed by atoms with Crippen LogP contribution in [0.2, 0.25) is 0 Å². The van der Waals surface area contributed by atoms with Crippen LogP contribution in [0.5, 0.6) is 5.75 Å². The second-order valence-corrected chi connectivity index (χ2v) is 5.13. The molecule has 0 saturated heterocycles. The van der Waals surface area contributed by atoms with Crippen molar-refractivity contribution in [2.75, 3.05) is 13.2 Å². The average Bonchev–Trinajstić information content (AvgIpc) is 2.50. The first-order valence-electron chi connectivity index (χ1n) is 7.63. The van der Waals surface area contributed by atoms with E-state index in [1.807, 2.05) is 32.2 Å². The first-order chi connectivity index (χ1) is 10.2. The first kappa shape index (κ1) is 15.5. The minimum Gasteiger partial charge on any atom is -0.494 e. The molecule has 1 N–H and O–H groups in total. The van der Waals surface area contributed by atoms with E-state index in [1.165, 1.54) is 11.1 Å². The fourth-order valence-corrected chi connectivity index (χ4v) is 2.32. The fraction of sp³-hybridized carbons (Fsp3) is 0.389. The van der Waals surface area contributed by atoms with E-state index in [0.29, 0.717) is 6.61 Å². The lowest BCUT2D eigenvalue weighted by atomic mass is 9.99. The SMILES string of the molecule is CCCNC(c1ccc(C)nc1)c1cccc(OCC)c1. The number of benzene rings is 1. The molecule has 0 spiro atoms. The minimum absolute atomic E-state index is 0.151. The molecule has 0 aliphatic heterocycles. The Morgan fingerprint density at radius 1 is 1.14 bits per heavy atom. The Balaban J connectivity index is 2.30. The van der Waals surface area contributed by atoms with Crippen LogP contribution >= 0.6 is 0 Å². The van der Waals surface area contributed by atoms with Gasteiger partial charge in [-0.1, -0.05) is 25.1 Å². The number of hydrogen-bond donors (Lipinski definition) is 1. The van der Waals surface area contributed by atoms with Crippen molar-refractivity contribution in [3.63, 3.8) is 0 Å². The van der Waals surface area contributed by atoms with Crippen LogP contribution < -0.4 is 10.1 Å². The number of aromatic nitrogens is 1. The van der Waals surface area contributed by atoms with E-state index in [1.54, 1.807) is 0 Å². The number of ether oxygens (including phenoxy) is 1. The lowest BCUT2D eigenvalue weighted by Crippen LogP contribution is -2.23. The van der Waals surface area contributed by atoms with E-state index in [0.717, 1.165) is 24.4 Å². The third-order valence-corrected chi connectivity index (χ3v) is 3.37. The Labute approximate surface area is 127 Å². The van der Waals surface area contributed by atoms with Crippen molar-refractivity contribution in [3.8, 4) is 5.75 Å². The highest BCUT2D eigenvalue weighted by Gasteiger charge is 2.14. The molecular weight excluding hydrogens is 260 g/mol. The van der Waals surface area contributed by atoms with Gasteiger partial charge in [-0.05, 0) is 56.1 Å². The zero-order chi connectivity index (χ0) is 15.1. The highest BCUT2D eigenvalue weighted by molar-refractivity contribution is 5.36. The summed E-state index contributed by atoms with van der Waals surface area (Å²) < 4.78 is 5.61. The Bertz CT molecular complexity index is 551. The molecule has 112 valence electrons. The number of hydrogen-bond acceptors (Lipinski definition) is 3. The van der Waals surface area contributed by atoms with Gasteiger partial charge in [0.15, 0.2) is 0 Å². The maximum absolute atomic E-state index is 5.61. The second-order valence-electron chi connectivity index (χ2n) is 5.13. The monoisotopic (exact) mass is 284 g/mol. The van der Waals surface area contributed by atoms with Crippen molar-refractivity contribution in [1.29, 1.82) is 0 Å². The van der Waals surface area contributed by atoms with E-state index < -0.39 is 0 Å². The van der Waals surface area contributed by atoms with Crippen LogP contribution in [-0.2, 0) is 0 Å². The predicted molar refractivity (Wildman–Crippen MR) is 86.7 cm³/mol. The van der Waals surface area contributed by atoms with Crippen molar-refractivity contribution in [3.05, 3.63) is 59.4 Å². The third kappa shape index (κ3) is 4.30. The molecule has 0 saturated carbocycles. The standard InChI is InChI=1S/C18H24N2O/c1-4-11-19-18(16-10-9-14(3)20-13-16)15-7-6-8-17(12-15)21-5-2/h6-10,12-13,18-19H,4-5,11H2,1-3H3. The van der Waals surface area contributed by atoms with Crippen molar-refractivity contribution < 1.29 is 4.74 Å². The molecule has 3 nitrogen and oxygen atoms in total. The normalized spacial score (nSPS) is 12.1. The molecule has 2 rings (SSSR count). The topological polar surface area (TPSA) is 34.2 Å². The van der Waals surface area contributed by atoms with Crippen LogP contribution in [0, 0.1) is 6.92 Å². The molecule has 1 unspecified atom stereocenters. The molecule has 0 aliphatic rings. The summed E-state index contributed by atoms with van der Waals surface area (Å²) in [4.78, 5) is 4.42. The number of rotatable bonds is 7. The largest absolute Gasteiger partial charge is 0.494 e. The zero-order valence-corrected chi connectivity index (χ0v) is 13.1. The predicted octanol–water partition coefficient (Wildman–Crippen LogP) is 3.88. The number of aryl methyl sites for hydroxylation is 1. The lowest BCUT2D eigenvalue weighted by Gasteiger charge is -2.20. The summed E-state index contributed by atoms with van der Waals surface area (Å²) in [6.45, 7) is 7.84. The Hall–Kier alpha value is -1.87. The summed E-state index contributed by atoms with van der Waals surface area (Å²) in [6, 6.07) is 12.6. The molecule has 1 atom stereocenters. The molecule has 1 aromatic carbocycles. The maximum Gasteiger partial charge on any atom is 0.119 e. The molecule has 2 aromatic rings. The van der Waals surface area contributed by atoms with E-state index in [4.69, 9.17) is 4.74 Å². The van der Waals surface area contributed by atoms with Gasteiger partial charge in [-0.15, -0.1) is 0 Å². The number of pyridine rings is 1. The molecule has 0 amide bonds. The summed E-state index contributed by atoms with van der Waals surface area (Å²) in [5, 5.41) is 3.60. The van der Waals surface area contributed by atoms with Gasteiger partial charge in [0.2, 0.25) is 0 Å². The Morgan fingerprint density at radius 2 is 2.00 bits per heavy atom. The van der Waals surface area contributed by atoms with Gasteiger partial charge < -0.3 is 10.1 Å². The smallest absolute Gasteiger partial charge is 0.119 e. The van der Waals surface area contributed by atoms with Crippen LogP contribution in [0.15, 0.2) is 42.6 Å². The zero-order valence-electron chi connectivity index (χ0n) is 13.1. The molecule has 3 heteroatoms. The quantitative estimate of drug-likeness (QED) is 0.838. The van der Waals surface area contributed by atoms with E-state index in [2.05, 4.69) is 41.5 Å². The van der Waals surface area contributed by atoms with Gasteiger partial charge in [-0.25, -0.2) is 0 Å². The Morgan fingerprint density at radius 3 is 2.67 bits per heavy atom.